The Labute approximate surface area is 123 Å². The molecule has 0 aliphatic carbocycles. The lowest BCUT2D eigenvalue weighted by molar-refractivity contribution is 0.101. The van der Waals surface area contributed by atoms with Crippen molar-refractivity contribution >= 4 is 17.5 Å². The zero-order valence-corrected chi connectivity index (χ0v) is 13.0. The lowest BCUT2D eigenvalue weighted by Gasteiger charge is -2.15. The molecule has 0 bridgehead atoms. The Morgan fingerprint density at radius 2 is 1.80 bits per heavy atom. The quantitative estimate of drug-likeness (QED) is 0.486. The molecule has 2 rings (SSSR count). The van der Waals surface area contributed by atoms with Gasteiger partial charge in [-0.05, 0) is 56.0 Å². The maximum Gasteiger partial charge on any atom is 0.187 e. The fourth-order valence-electron chi connectivity index (χ4n) is 2.49. The van der Waals surface area contributed by atoms with E-state index in [1.54, 1.807) is 37.1 Å². The molecular weight excluding hydrogens is 268 g/mol. The Morgan fingerprint density at radius 1 is 1.15 bits per heavy atom. The van der Waals surface area contributed by atoms with Crippen molar-refractivity contribution in [2.24, 2.45) is 0 Å². The molecule has 0 saturated heterocycles. The maximum absolute atomic E-state index is 11.8. The number of hydrogen-bond acceptors (Lipinski definition) is 4. The largest absolute Gasteiger partial charge is 0.294 e. The summed E-state index contributed by atoms with van der Waals surface area (Å²) in [6, 6.07) is 3.89. The number of carbonyl (C=O) groups is 1. The summed E-state index contributed by atoms with van der Waals surface area (Å²) < 4.78 is 0. The van der Waals surface area contributed by atoms with Crippen LogP contribution in [-0.4, -0.2) is 15.8 Å². The van der Waals surface area contributed by atoms with Gasteiger partial charge in [0.2, 0.25) is 0 Å². The number of benzene rings is 1. The van der Waals surface area contributed by atoms with Crippen LogP contribution in [0.4, 0.5) is 0 Å². The fraction of sp³-hybridized carbons (Fsp3) is 0.312. The van der Waals surface area contributed by atoms with Crippen molar-refractivity contribution in [2.75, 3.05) is 0 Å². The molecule has 0 fully saturated rings. The summed E-state index contributed by atoms with van der Waals surface area (Å²) in [6.45, 7) is 7.74. The predicted octanol–water partition coefficient (Wildman–Crippen LogP) is 3.90. The van der Waals surface area contributed by atoms with Gasteiger partial charge in [-0.25, -0.2) is 9.97 Å². The predicted molar refractivity (Wildman–Crippen MR) is 82.3 cm³/mol. The number of carbonyl (C=O) groups excluding carboxylic acids is 1. The fourth-order valence-corrected chi connectivity index (χ4v) is 3.48. The molecule has 0 amide bonds. The number of nitrogens with zero attached hydrogens (tertiary/aromatic N) is 2. The van der Waals surface area contributed by atoms with Crippen LogP contribution in [0.2, 0.25) is 0 Å². The van der Waals surface area contributed by atoms with Crippen LogP contribution in [0.3, 0.4) is 0 Å². The van der Waals surface area contributed by atoms with Crippen molar-refractivity contribution in [1.29, 1.82) is 0 Å². The first-order chi connectivity index (χ1) is 9.50. The van der Waals surface area contributed by atoms with Crippen molar-refractivity contribution in [1.82, 2.24) is 9.97 Å². The molecule has 0 aliphatic rings. The van der Waals surface area contributed by atoms with Gasteiger partial charge < -0.3 is 0 Å². The summed E-state index contributed by atoms with van der Waals surface area (Å²) in [5.41, 5.74) is 5.41. The molecule has 0 saturated carbocycles. The highest BCUT2D eigenvalue weighted by Gasteiger charge is 2.14. The highest BCUT2D eigenvalue weighted by atomic mass is 32.2. The van der Waals surface area contributed by atoms with Crippen LogP contribution in [0, 0.1) is 20.8 Å². The average molecular weight is 286 g/mol. The molecule has 20 heavy (non-hydrogen) atoms. The van der Waals surface area contributed by atoms with Gasteiger partial charge in [0.05, 0.1) is 0 Å². The van der Waals surface area contributed by atoms with Crippen molar-refractivity contribution in [3.8, 4) is 0 Å². The van der Waals surface area contributed by atoms with Crippen molar-refractivity contribution in [3.05, 3.63) is 52.3 Å². The Kier molecular flexibility index (Phi) is 4.55. The molecule has 1 heterocycles. The van der Waals surface area contributed by atoms with E-state index in [1.165, 1.54) is 11.1 Å². The van der Waals surface area contributed by atoms with Crippen molar-refractivity contribution < 1.29 is 4.79 Å². The molecule has 0 spiro atoms. The second-order valence-corrected chi connectivity index (χ2v) is 5.81. The first-order valence-electron chi connectivity index (χ1n) is 6.51. The molecule has 1 aromatic heterocycles. The van der Waals surface area contributed by atoms with Gasteiger partial charge in [0.1, 0.15) is 0 Å². The molecular formula is C16H18N2OS. The van der Waals surface area contributed by atoms with Crippen molar-refractivity contribution in [2.45, 2.75) is 38.6 Å². The zero-order chi connectivity index (χ0) is 14.7. The number of ketones is 1. The maximum atomic E-state index is 11.8. The zero-order valence-electron chi connectivity index (χ0n) is 12.2. The minimum absolute atomic E-state index is 0.127. The van der Waals surface area contributed by atoms with E-state index in [0.717, 1.165) is 27.6 Å². The van der Waals surface area contributed by atoms with E-state index in [-0.39, 0.29) is 5.78 Å². The van der Waals surface area contributed by atoms with Crippen LogP contribution < -0.4 is 0 Å². The molecule has 104 valence electrons. The summed E-state index contributed by atoms with van der Waals surface area (Å²) in [5.74, 6) is 0.907. The highest BCUT2D eigenvalue weighted by molar-refractivity contribution is 7.98. The Hall–Kier alpha value is -1.68. The minimum atomic E-state index is 0.127. The van der Waals surface area contributed by atoms with Crippen LogP contribution in [0.1, 0.15) is 39.5 Å². The molecule has 0 unspecified atom stereocenters. The third kappa shape index (κ3) is 3.07. The first-order valence-corrected chi connectivity index (χ1v) is 7.49. The van der Waals surface area contributed by atoms with Gasteiger partial charge in [-0.15, -0.1) is 0 Å². The van der Waals surface area contributed by atoms with Gasteiger partial charge in [-0.3, -0.25) is 4.79 Å². The molecule has 0 aliphatic heterocycles. The van der Waals surface area contributed by atoms with E-state index >= 15 is 0 Å². The summed E-state index contributed by atoms with van der Waals surface area (Å²) in [4.78, 5) is 20.2. The second-order valence-electron chi connectivity index (χ2n) is 4.87. The number of aryl methyl sites for hydroxylation is 2. The molecule has 0 radical (unpaired) electrons. The smallest absolute Gasteiger partial charge is 0.187 e. The Balaban J connectivity index is 2.32. The second kappa shape index (κ2) is 6.18. The van der Waals surface area contributed by atoms with E-state index in [9.17, 15) is 4.79 Å². The average Bonchev–Trinajstić information content (AvgIpc) is 2.38. The molecule has 4 heteroatoms. The van der Waals surface area contributed by atoms with Crippen LogP contribution in [0.25, 0.3) is 0 Å². The normalized spacial score (nSPS) is 10.6. The topological polar surface area (TPSA) is 42.9 Å². The third-order valence-electron chi connectivity index (χ3n) is 3.37. The van der Waals surface area contributed by atoms with Crippen molar-refractivity contribution in [3.63, 3.8) is 0 Å². The molecule has 0 N–H and O–H groups in total. The van der Waals surface area contributed by atoms with Crippen LogP contribution in [0.15, 0.2) is 29.7 Å². The lowest BCUT2D eigenvalue weighted by atomic mass is 9.92. The molecule has 0 atom stereocenters. The summed E-state index contributed by atoms with van der Waals surface area (Å²) in [5, 5.41) is 0.760. The van der Waals surface area contributed by atoms with Crippen LogP contribution >= 0.6 is 11.8 Å². The monoisotopic (exact) mass is 286 g/mol. The van der Waals surface area contributed by atoms with Gasteiger partial charge in [0.15, 0.2) is 10.9 Å². The van der Waals surface area contributed by atoms with Crippen LogP contribution in [-0.2, 0) is 5.75 Å². The van der Waals surface area contributed by atoms with E-state index in [2.05, 4.69) is 23.0 Å². The SMILES string of the molecule is CC(=O)c1c(C)cc(C)c(CSc2ncccn2)c1C. The Morgan fingerprint density at radius 3 is 2.40 bits per heavy atom. The number of aromatic nitrogens is 2. The number of rotatable bonds is 4. The van der Waals surface area contributed by atoms with E-state index < -0.39 is 0 Å². The third-order valence-corrected chi connectivity index (χ3v) is 4.27. The van der Waals surface area contributed by atoms with E-state index in [1.807, 2.05) is 13.8 Å². The minimum Gasteiger partial charge on any atom is -0.294 e. The number of hydrogen-bond donors (Lipinski definition) is 0. The van der Waals surface area contributed by atoms with Gasteiger partial charge in [0, 0.05) is 23.7 Å². The van der Waals surface area contributed by atoms with Gasteiger partial charge in [-0.1, -0.05) is 17.8 Å². The van der Waals surface area contributed by atoms with E-state index in [0.29, 0.717) is 0 Å². The summed E-state index contributed by atoms with van der Waals surface area (Å²) in [6.07, 6.45) is 3.48. The van der Waals surface area contributed by atoms with Gasteiger partial charge in [0.25, 0.3) is 0 Å². The summed E-state index contributed by atoms with van der Waals surface area (Å²) in [7, 11) is 0. The standard InChI is InChI=1S/C16H18N2OS/c1-10-8-11(2)15(13(4)19)12(3)14(10)9-20-16-17-6-5-7-18-16/h5-8H,9H2,1-4H3. The Bertz CT molecular complexity index is 639. The van der Waals surface area contributed by atoms with Gasteiger partial charge in [-0.2, -0.15) is 0 Å². The summed E-state index contributed by atoms with van der Waals surface area (Å²) >= 11 is 1.59. The van der Waals surface area contributed by atoms with E-state index in [4.69, 9.17) is 0 Å². The lowest BCUT2D eigenvalue weighted by Crippen LogP contribution is -2.05. The van der Waals surface area contributed by atoms with Crippen LogP contribution in [0.5, 0.6) is 0 Å². The molecule has 3 nitrogen and oxygen atoms in total. The first kappa shape index (κ1) is 14.7. The highest BCUT2D eigenvalue weighted by Crippen LogP contribution is 2.28. The number of thioether (sulfide) groups is 1. The molecule has 1 aromatic carbocycles. The number of Topliss-reactive ketones (excluding diaryl/α,β-unsaturated/α-hetero) is 1. The molecule has 2 aromatic rings. The van der Waals surface area contributed by atoms with Gasteiger partial charge >= 0.3 is 0 Å².